The van der Waals surface area contributed by atoms with Gasteiger partial charge in [-0.05, 0) is 59.4 Å². The molecule has 3 aromatic rings. The lowest BCUT2D eigenvalue weighted by molar-refractivity contribution is 0.0947. The van der Waals surface area contributed by atoms with Crippen molar-refractivity contribution >= 4 is 11.6 Å². The Kier molecular flexibility index (Phi) is 7.00. The van der Waals surface area contributed by atoms with E-state index in [9.17, 15) is 9.18 Å². The fourth-order valence-corrected chi connectivity index (χ4v) is 5.16. The van der Waals surface area contributed by atoms with E-state index in [1.807, 2.05) is 48.5 Å². The standard InChI is InChI=1S/C29H32FN3O2/c1-35-28-9-5-4-8-27(28)33-16-14-32(15-17-33)20-24(30)12-13-31-29(34)22-10-11-26-23(19-22)18-21-6-2-3-7-25(21)26/h2-11,19,24H,12-18,20H2,1H3,(H,31,34). The minimum absolute atomic E-state index is 0.138. The van der Waals surface area contributed by atoms with Gasteiger partial charge in [-0.15, -0.1) is 0 Å². The van der Waals surface area contributed by atoms with Crippen molar-refractivity contribution < 1.29 is 13.9 Å². The minimum Gasteiger partial charge on any atom is -0.495 e. The van der Waals surface area contributed by atoms with E-state index >= 15 is 0 Å². The van der Waals surface area contributed by atoms with E-state index < -0.39 is 6.17 Å². The number of methoxy groups -OCH3 is 1. The lowest BCUT2D eigenvalue weighted by Crippen LogP contribution is -2.48. The summed E-state index contributed by atoms with van der Waals surface area (Å²) in [6, 6.07) is 22.2. The maximum Gasteiger partial charge on any atom is 0.251 e. The molecular weight excluding hydrogens is 441 g/mol. The molecule has 2 aliphatic rings. The van der Waals surface area contributed by atoms with Crippen LogP contribution >= 0.6 is 0 Å². The molecule has 0 bridgehead atoms. The Balaban J connectivity index is 1.06. The van der Waals surface area contributed by atoms with E-state index in [1.54, 1.807) is 7.11 Å². The molecule has 1 atom stereocenters. The summed E-state index contributed by atoms with van der Waals surface area (Å²) in [5, 5.41) is 2.90. The van der Waals surface area contributed by atoms with E-state index in [0.717, 1.165) is 44.0 Å². The summed E-state index contributed by atoms with van der Waals surface area (Å²) in [5.41, 5.74) is 6.65. The van der Waals surface area contributed by atoms with Gasteiger partial charge in [-0.2, -0.15) is 0 Å². The molecule has 0 saturated carbocycles. The van der Waals surface area contributed by atoms with Gasteiger partial charge in [0, 0.05) is 44.8 Å². The average Bonchev–Trinajstić information content (AvgIpc) is 3.27. The highest BCUT2D eigenvalue weighted by Gasteiger charge is 2.22. The molecule has 5 rings (SSSR count). The van der Waals surface area contributed by atoms with E-state index in [4.69, 9.17) is 4.74 Å². The number of rotatable bonds is 8. The predicted molar refractivity (Wildman–Crippen MR) is 138 cm³/mol. The first-order valence-corrected chi connectivity index (χ1v) is 12.4. The van der Waals surface area contributed by atoms with Crippen molar-refractivity contribution in [2.45, 2.75) is 19.0 Å². The number of carbonyl (C=O) groups excluding carboxylic acids is 1. The molecule has 1 heterocycles. The Morgan fingerprint density at radius 1 is 0.971 bits per heavy atom. The SMILES string of the molecule is COc1ccccc1N1CCN(CC(F)CCNC(=O)c2ccc3c(c2)Cc2ccccc2-3)CC1. The van der Waals surface area contributed by atoms with E-state index in [1.165, 1.54) is 22.3 Å². The predicted octanol–water partition coefficient (Wildman–Crippen LogP) is 4.55. The van der Waals surface area contributed by atoms with Gasteiger partial charge in [0.05, 0.1) is 12.8 Å². The lowest BCUT2D eigenvalue weighted by atomic mass is 10.0. The van der Waals surface area contributed by atoms with Crippen molar-refractivity contribution in [3.05, 3.63) is 83.4 Å². The number of para-hydroxylation sites is 2. The van der Waals surface area contributed by atoms with Gasteiger partial charge in [0.2, 0.25) is 0 Å². The molecule has 1 aliphatic carbocycles. The van der Waals surface area contributed by atoms with Crippen molar-refractivity contribution in [1.29, 1.82) is 0 Å². The molecule has 1 fully saturated rings. The van der Waals surface area contributed by atoms with Gasteiger partial charge < -0.3 is 15.0 Å². The maximum atomic E-state index is 14.7. The van der Waals surface area contributed by atoms with Crippen LogP contribution in [0.15, 0.2) is 66.7 Å². The van der Waals surface area contributed by atoms with E-state index in [-0.39, 0.29) is 5.91 Å². The molecule has 6 heteroatoms. The summed E-state index contributed by atoms with van der Waals surface area (Å²) < 4.78 is 20.2. The normalized spacial score (nSPS) is 15.9. The van der Waals surface area contributed by atoms with Crippen LogP contribution in [0.25, 0.3) is 11.1 Å². The molecule has 1 unspecified atom stereocenters. The van der Waals surface area contributed by atoms with Crippen LogP contribution in [0.2, 0.25) is 0 Å². The number of hydrogen-bond donors (Lipinski definition) is 1. The van der Waals surface area contributed by atoms with Crippen LogP contribution in [-0.4, -0.2) is 63.4 Å². The Hall–Kier alpha value is -3.38. The summed E-state index contributed by atoms with van der Waals surface area (Å²) in [7, 11) is 1.69. The highest BCUT2D eigenvalue weighted by atomic mass is 19.1. The maximum absolute atomic E-state index is 14.7. The van der Waals surface area contributed by atoms with Crippen molar-refractivity contribution in [2.75, 3.05) is 51.3 Å². The number of fused-ring (bicyclic) bond motifs is 3. The summed E-state index contributed by atoms with van der Waals surface area (Å²) in [4.78, 5) is 17.1. The Bertz CT molecular complexity index is 1190. The molecule has 1 amide bonds. The first kappa shape index (κ1) is 23.4. The van der Waals surface area contributed by atoms with Crippen LogP contribution in [-0.2, 0) is 6.42 Å². The fraction of sp³-hybridized carbons (Fsp3) is 0.345. The number of alkyl halides is 1. The molecule has 5 nitrogen and oxygen atoms in total. The van der Waals surface area contributed by atoms with Crippen LogP contribution in [0.5, 0.6) is 5.75 Å². The highest BCUT2D eigenvalue weighted by molar-refractivity contribution is 5.95. The van der Waals surface area contributed by atoms with Gasteiger partial charge in [0.15, 0.2) is 0 Å². The number of halogens is 1. The molecule has 35 heavy (non-hydrogen) atoms. The summed E-state index contributed by atoms with van der Waals surface area (Å²) in [6.45, 7) is 4.02. The Morgan fingerprint density at radius 3 is 2.54 bits per heavy atom. The first-order valence-electron chi connectivity index (χ1n) is 12.4. The Labute approximate surface area is 206 Å². The second kappa shape index (κ2) is 10.5. The van der Waals surface area contributed by atoms with E-state index in [0.29, 0.717) is 25.1 Å². The van der Waals surface area contributed by atoms with Crippen molar-refractivity contribution in [3.63, 3.8) is 0 Å². The minimum atomic E-state index is -0.970. The summed E-state index contributed by atoms with van der Waals surface area (Å²) >= 11 is 0. The third-order valence-electron chi connectivity index (χ3n) is 7.05. The quantitative estimate of drug-likeness (QED) is 0.408. The molecule has 1 N–H and O–H groups in total. The number of piperazine rings is 1. The molecule has 0 radical (unpaired) electrons. The van der Waals surface area contributed by atoms with Crippen LogP contribution in [0.1, 0.15) is 27.9 Å². The van der Waals surface area contributed by atoms with Crippen LogP contribution < -0.4 is 15.0 Å². The number of nitrogens with one attached hydrogen (secondary N) is 1. The van der Waals surface area contributed by atoms with Crippen LogP contribution in [0, 0.1) is 0 Å². The zero-order valence-corrected chi connectivity index (χ0v) is 20.2. The topological polar surface area (TPSA) is 44.8 Å². The third kappa shape index (κ3) is 5.17. The largest absolute Gasteiger partial charge is 0.495 e. The second-order valence-corrected chi connectivity index (χ2v) is 9.31. The summed E-state index contributed by atoms with van der Waals surface area (Å²) in [5.74, 6) is 0.731. The number of carbonyl (C=O) groups is 1. The molecule has 1 saturated heterocycles. The van der Waals surface area contributed by atoms with Gasteiger partial charge in [-0.1, -0.05) is 42.5 Å². The number of ether oxygens (including phenoxy) is 1. The van der Waals surface area contributed by atoms with Crippen molar-refractivity contribution in [1.82, 2.24) is 10.2 Å². The van der Waals surface area contributed by atoms with Crippen molar-refractivity contribution in [2.24, 2.45) is 0 Å². The van der Waals surface area contributed by atoms with Crippen molar-refractivity contribution in [3.8, 4) is 16.9 Å². The van der Waals surface area contributed by atoms with Gasteiger partial charge >= 0.3 is 0 Å². The molecule has 0 aromatic heterocycles. The number of amides is 1. The number of nitrogens with zero attached hydrogens (tertiary/aromatic N) is 2. The zero-order valence-electron chi connectivity index (χ0n) is 20.2. The average molecular weight is 474 g/mol. The first-order chi connectivity index (χ1) is 17.1. The van der Waals surface area contributed by atoms with Gasteiger partial charge in [-0.25, -0.2) is 4.39 Å². The Morgan fingerprint density at radius 2 is 1.71 bits per heavy atom. The molecule has 0 spiro atoms. The lowest BCUT2D eigenvalue weighted by Gasteiger charge is -2.37. The fourth-order valence-electron chi connectivity index (χ4n) is 5.16. The van der Waals surface area contributed by atoms with Crippen LogP contribution in [0.3, 0.4) is 0 Å². The van der Waals surface area contributed by atoms with Crippen LogP contribution in [0.4, 0.5) is 10.1 Å². The summed E-state index contributed by atoms with van der Waals surface area (Å²) in [6.07, 6.45) is 0.195. The van der Waals surface area contributed by atoms with Gasteiger partial charge in [0.25, 0.3) is 5.91 Å². The third-order valence-corrected chi connectivity index (χ3v) is 7.05. The second-order valence-electron chi connectivity index (χ2n) is 9.31. The number of hydrogen-bond acceptors (Lipinski definition) is 4. The zero-order chi connectivity index (χ0) is 24.2. The molecular formula is C29H32FN3O2. The van der Waals surface area contributed by atoms with Gasteiger partial charge in [0.1, 0.15) is 11.9 Å². The number of anilines is 1. The molecule has 1 aliphatic heterocycles. The monoisotopic (exact) mass is 473 g/mol. The number of benzene rings is 3. The van der Waals surface area contributed by atoms with Gasteiger partial charge in [-0.3, -0.25) is 9.69 Å². The van der Waals surface area contributed by atoms with E-state index in [2.05, 4.69) is 33.3 Å². The molecule has 3 aromatic carbocycles. The molecule has 182 valence electrons. The highest BCUT2D eigenvalue weighted by Crippen LogP contribution is 2.36. The smallest absolute Gasteiger partial charge is 0.251 e.